The van der Waals surface area contributed by atoms with Crippen molar-refractivity contribution in [3.63, 3.8) is 0 Å². The van der Waals surface area contributed by atoms with Crippen LogP contribution in [-0.4, -0.2) is 31.6 Å². The van der Waals surface area contributed by atoms with Gasteiger partial charge < -0.3 is 10.0 Å². The molecular formula is C23H16ClN3O5. The van der Waals surface area contributed by atoms with E-state index in [-0.39, 0.29) is 23.4 Å². The smallest absolute Gasteiger partial charge is 0.296 e. The number of pyridine rings is 1. The van der Waals surface area contributed by atoms with Crippen LogP contribution in [-0.2, 0) is 16.1 Å². The lowest BCUT2D eigenvalue weighted by molar-refractivity contribution is -0.384. The summed E-state index contributed by atoms with van der Waals surface area (Å²) >= 11 is 6.00. The zero-order valence-electron chi connectivity index (χ0n) is 16.5. The Morgan fingerprint density at radius 3 is 2.34 bits per heavy atom. The molecule has 4 rings (SSSR count). The topological polar surface area (TPSA) is 114 Å². The van der Waals surface area contributed by atoms with E-state index in [0.29, 0.717) is 16.3 Å². The molecule has 0 aliphatic carbocycles. The number of amides is 1. The van der Waals surface area contributed by atoms with Crippen LogP contribution in [0.25, 0.3) is 5.76 Å². The minimum atomic E-state index is -0.885. The van der Waals surface area contributed by atoms with Crippen LogP contribution in [0.4, 0.5) is 5.69 Å². The molecular weight excluding hydrogens is 434 g/mol. The number of nitro benzene ring substituents is 1. The normalized spacial score (nSPS) is 17.5. The van der Waals surface area contributed by atoms with Gasteiger partial charge in [-0.15, -0.1) is 0 Å². The molecule has 1 aliphatic rings. The Kier molecular flexibility index (Phi) is 5.70. The first-order valence-electron chi connectivity index (χ1n) is 9.55. The third kappa shape index (κ3) is 3.95. The molecule has 1 fully saturated rings. The molecule has 3 aromatic rings. The zero-order chi connectivity index (χ0) is 22.8. The number of ketones is 1. The lowest BCUT2D eigenvalue weighted by atomic mass is 9.95. The zero-order valence-corrected chi connectivity index (χ0v) is 17.3. The molecule has 0 bridgehead atoms. The first-order valence-corrected chi connectivity index (χ1v) is 9.93. The molecule has 8 nitrogen and oxygen atoms in total. The summed E-state index contributed by atoms with van der Waals surface area (Å²) < 4.78 is 0. The Morgan fingerprint density at radius 2 is 1.75 bits per heavy atom. The van der Waals surface area contributed by atoms with Gasteiger partial charge in [-0.1, -0.05) is 29.8 Å². The molecule has 0 radical (unpaired) electrons. The lowest BCUT2D eigenvalue weighted by Gasteiger charge is -2.25. The molecule has 9 heteroatoms. The van der Waals surface area contributed by atoms with E-state index in [1.165, 1.54) is 29.2 Å². The molecule has 160 valence electrons. The van der Waals surface area contributed by atoms with Gasteiger partial charge in [0.05, 0.1) is 28.8 Å². The third-order valence-electron chi connectivity index (χ3n) is 5.14. The molecule has 0 saturated carbocycles. The minimum absolute atomic E-state index is 0.0513. The third-order valence-corrected chi connectivity index (χ3v) is 5.39. The number of carbonyl (C=O) groups is 2. The van der Waals surface area contributed by atoms with Crippen LogP contribution >= 0.6 is 11.6 Å². The number of nitrogens with zero attached hydrogens (tertiary/aromatic N) is 3. The summed E-state index contributed by atoms with van der Waals surface area (Å²) in [7, 11) is 0. The number of non-ortho nitro benzene ring substituents is 1. The molecule has 1 N–H and O–H groups in total. The SMILES string of the molecule is O=C1C(=O)N(Cc2ccccn2)C(c2ccc(Cl)cc2)/C1=C(/O)c1ccc([N+](=O)[O-])cc1. The quantitative estimate of drug-likeness (QED) is 0.204. The van der Waals surface area contributed by atoms with E-state index in [2.05, 4.69) is 4.98 Å². The number of halogens is 1. The average molecular weight is 450 g/mol. The molecule has 1 aromatic heterocycles. The number of aliphatic hydroxyl groups excluding tert-OH is 1. The second-order valence-electron chi connectivity index (χ2n) is 7.10. The molecule has 1 unspecified atom stereocenters. The van der Waals surface area contributed by atoms with E-state index in [0.717, 1.165) is 0 Å². The van der Waals surface area contributed by atoms with Gasteiger partial charge in [0.15, 0.2) is 0 Å². The fourth-order valence-corrected chi connectivity index (χ4v) is 3.72. The summed E-state index contributed by atoms with van der Waals surface area (Å²) in [4.78, 5) is 41.8. The number of nitro groups is 1. The Labute approximate surface area is 187 Å². The Hall–Kier alpha value is -4.04. The number of hydrogen-bond donors (Lipinski definition) is 1. The van der Waals surface area contributed by atoms with Crippen molar-refractivity contribution in [2.45, 2.75) is 12.6 Å². The van der Waals surface area contributed by atoms with Crippen LogP contribution in [0.15, 0.2) is 78.5 Å². The molecule has 1 atom stereocenters. The number of hydrogen-bond acceptors (Lipinski definition) is 6. The van der Waals surface area contributed by atoms with Crippen LogP contribution in [0.1, 0.15) is 22.9 Å². The van der Waals surface area contributed by atoms with Gasteiger partial charge >= 0.3 is 0 Å². The van der Waals surface area contributed by atoms with Crippen LogP contribution < -0.4 is 0 Å². The number of carbonyl (C=O) groups excluding carboxylic acids is 2. The molecule has 32 heavy (non-hydrogen) atoms. The van der Waals surface area contributed by atoms with Gasteiger partial charge in [0.25, 0.3) is 17.4 Å². The van der Waals surface area contributed by atoms with Crippen LogP contribution in [0.5, 0.6) is 0 Å². The van der Waals surface area contributed by atoms with E-state index in [4.69, 9.17) is 11.6 Å². The van der Waals surface area contributed by atoms with Gasteiger partial charge in [-0.25, -0.2) is 0 Å². The Morgan fingerprint density at radius 1 is 1.06 bits per heavy atom. The first-order chi connectivity index (χ1) is 15.4. The average Bonchev–Trinajstić information content (AvgIpc) is 3.05. The second kappa shape index (κ2) is 8.60. The molecule has 1 aliphatic heterocycles. The summed E-state index contributed by atoms with van der Waals surface area (Å²) in [6.07, 6.45) is 1.58. The largest absolute Gasteiger partial charge is 0.507 e. The van der Waals surface area contributed by atoms with Crippen LogP contribution in [0.2, 0.25) is 5.02 Å². The predicted molar refractivity (Wildman–Crippen MR) is 117 cm³/mol. The standard InChI is InChI=1S/C23H16ClN3O5/c24-16-8-4-14(5-9-16)20-19(21(28)15-6-10-18(11-7-15)27(31)32)22(29)23(30)26(20)13-17-3-1-2-12-25-17/h1-12,20,28H,13H2/b21-19-. The number of likely N-dealkylation sites (tertiary alicyclic amines) is 1. The maximum Gasteiger partial charge on any atom is 0.296 e. The molecule has 0 spiro atoms. The highest BCUT2D eigenvalue weighted by atomic mass is 35.5. The van der Waals surface area contributed by atoms with Gasteiger partial charge in [0.2, 0.25) is 0 Å². The van der Waals surface area contributed by atoms with Crippen LogP contribution in [0.3, 0.4) is 0 Å². The van der Waals surface area contributed by atoms with Crippen molar-refractivity contribution in [2.75, 3.05) is 0 Å². The van der Waals surface area contributed by atoms with Gasteiger partial charge in [-0.3, -0.25) is 24.7 Å². The van der Waals surface area contributed by atoms with E-state index < -0.39 is 28.4 Å². The van der Waals surface area contributed by atoms with Crippen molar-refractivity contribution in [2.24, 2.45) is 0 Å². The Balaban J connectivity index is 1.84. The summed E-state index contributed by atoms with van der Waals surface area (Å²) in [5.74, 6) is -2.04. The first kappa shape index (κ1) is 21.2. The molecule has 2 aromatic carbocycles. The van der Waals surface area contributed by atoms with E-state index in [1.54, 1.807) is 48.7 Å². The van der Waals surface area contributed by atoms with Gasteiger partial charge in [0, 0.05) is 28.9 Å². The van der Waals surface area contributed by atoms with E-state index in [9.17, 15) is 24.8 Å². The molecule has 1 amide bonds. The van der Waals surface area contributed by atoms with Crippen molar-refractivity contribution in [1.29, 1.82) is 0 Å². The maximum atomic E-state index is 13.0. The number of aromatic nitrogens is 1. The summed E-state index contributed by atoms with van der Waals surface area (Å²) in [6, 6.07) is 16.1. The summed E-state index contributed by atoms with van der Waals surface area (Å²) in [6.45, 7) is 0.0513. The monoisotopic (exact) mass is 449 g/mol. The summed E-state index contributed by atoms with van der Waals surface area (Å²) in [5.41, 5.74) is 1.07. The maximum absolute atomic E-state index is 13.0. The lowest BCUT2D eigenvalue weighted by Crippen LogP contribution is -2.29. The number of aliphatic hydroxyl groups is 1. The highest BCUT2D eigenvalue weighted by Gasteiger charge is 2.46. The van der Waals surface area contributed by atoms with Crippen molar-refractivity contribution >= 4 is 34.7 Å². The molecule has 1 saturated heterocycles. The van der Waals surface area contributed by atoms with Crippen molar-refractivity contribution in [3.05, 3.63) is 110 Å². The number of rotatable bonds is 5. The fourth-order valence-electron chi connectivity index (χ4n) is 3.60. The second-order valence-corrected chi connectivity index (χ2v) is 7.54. The van der Waals surface area contributed by atoms with Crippen molar-refractivity contribution in [3.8, 4) is 0 Å². The van der Waals surface area contributed by atoms with Crippen molar-refractivity contribution in [1.82, 2.24) is 9.88 Å². The highest BCUT2D eigenvalue weighted by molar-refractivity contribution is 6.46. The van der Waals surface area contributed by atoms with E-state index in [1.807, 2.05) is 0 Å². The van der Waals surface area contributed by atoms with Gasteiger partial charge in [-0.2, -0.15) is 0 Å². The van der Waals surface area contributed by atoms with Crippen LogP contribution in [0, 0.1) is 10.1 Å². The molecule has 2 heterocycles. The number of benzene rings is 2. The van der Waals surface area contributed by atoms with Gasteiger partial charge in [0.1, 0.15) is 5.76 Å². The fraction of sp³-hybridized carbons (Fsp3) is 0.0870. The summed E-state index contributed by atoms with van der Waals surface area (Å²) in [5, 5.41) is 22.4. The van der Waals surface area contributed by atoms with E-state index >= 15 is 0 Å². The Bertz CT molecular complexity index is 1220. The highest BCUT2D eigenvalue weighted by Crippen LogP contribution is 2.40. The van der Waals surface area contributed by atoms with Crippen molar-refractivity contribution < 1.29 is 19.6 Å². The minimum Gasteiger partial charge on any atom is -0.507 e. The number of Topliss-reactive ketones (excluding diaryl/α,β-unsaturated/α-hetero) is 1. The predicted octanol–water partition coefficient (Wildman–Crippen LogP) is 4.27. The van der Waals surface area contributed by atoms with Gasteiger partial charge in [-0.05, 0) is 42.0 Å².